The number of carboxylic acid groups (broad SMARTS) is 1. The molecule has 5 heteroatoms. The standard InChI is InChI=1S/C10H8N2O3/c1-2-9(13)12-6-8-5-7(10(14)15)3-4-11-8/h1,3-5H,6H2,(H,12,13)(H,14,15). The molecule has 0 aromatic carbocycles. The highest BCUT2D eigenvalue weighted by Gasteiger charge is 2.04. The molecule has 0 saturated heterocycles. The molecule has 0 atom stereocenters. The molecule has 1 rings (SSSR count). The lowest BCUT2D eigenvalue weighted by Crippen LogP contribution is -2.21. The molecule has 1 aromatic heterocycles. The molecule has 1 amide bonds. The van der Waals surface area contributed by atoms with Crippen LogP contribution in [0.15, 0.2) is 18.3 Å². The summed E-state index contributed by atoms with van der Waals surface area (Å²) in [4.78, 5) is 25.2. The topological polar surface area (TPSA) is 79.3 Å². The number of hydrogen-bond donors (Lipinski definition) is 2. The molecular weight excluding hydrogens is 196 g/mol. The molecular formula is C10H8N2O3. The average Bonchev–Trinajstić information content (AvgIpc) is 2.26. The van der Waals surface area contributed by atoms with Gasteiger partial charge < -0.3 is 10.4 Å². The van der Waals surface area contributed by atoms with E-state index in [2.05, 4.69) is 10.3 Å². The largest absolute Gasteiger partial charge is 0.478 e. The monoisotopic (exact) mass is 204 g/mol. The van der Waals surface area contributed by atoms with Crippen molar-refractivity contribution in [2.24, 2.45) is 0 Å². The number of terminal acetylenes is 1. The molecule has 1 heterocycles. The smallest absolute Gasteiger partial charge is 0.335 e. The predicted octanol–water partition coefficient (Wildman–Crippen LogP) is 0.0292. The van der Waals surface area contributed by atoms with Gasteiger partial charge in [0.25, 0.3) is 5.91 Å². The number of carbonyl (C=O) groups excluding carboxylic acids is 1. The Balaban J connectivity index is 2.71. The summed E-state index contributed by atoms with van der Waals surface area (Å²) < 4.78 is 0. The number of carbonyl (C=O) groups is 2. The molecule has 15 heavy (non-hydrogen) atoms. The van der Waals surface area contributed by atoms with E-state index in [0.29, 0.717) is 5.69 Å². The number of aromatic nitrogens is 1. The van der Waals surface area contributed by atoms with Gasteiger partial charge >= 0.3 is 5.97 Å². The van der Waals surface area contributed by atoms with Gasteiger partial charge in [-0.25, -0.2) is 4.79 Å². The third-order valence-corrected chi connectivity index (χ3v) is 1.62. The summed E-state index contributed by atoms with van der Waals surface area (Å²) in [7, 11) is 0. The average molecular weight is 204 g/mol. The Hall–Kier alpha value is -2.35. The van der Waals surface area contributed by atoms with Crippen molar-refractivity contribution < 1.29 is 14.7 Å². The Kier molecular flexibility index (Phi) is 3.41. The molecule has 0 bridgehead atoms. The second-order valence-electron chi connectivity index (χ2n) is 2.67. The van der Waals surface area contributed by atoms with Gasteiger partial charge in [0, 0.05) is 6.20 Å². The number of amides is 1. The summed E-state index contributed by atoms with van der Waals surface area (Å²) in [5.41, 5.74) is 0.563. The van der Waals surface area contributed by atoms with Gasteiger partial charge in [0.15, 0.2) is 0 Å². The van der Waals surface area contributed by atoms with E-state index in [1.165, 1.54) is 18.3 Å². The number of carboxylic acids is 1. The van der Waals surface area contributed by atoms with Crippen LogP contribution >= 0.6 is 0 Å². The highest BCUT2D eigenvalue weighted by atomic mass is 16.4. The van der Waals surface area contributed by atoms with Crippen LogP contribution in [0.2, 0.25) is 0 Å². The summed E-state index contributed by atoms with van der Waals surface area (Å²) in [5.74, 6) is 0.281. The number of nitrogens with one attached hydrogen (secondary N) is 1. The second kappa shape index (κ2) is 4.77. The maximum absolute atomic E-state index is 10.7. The Bertz CT molecular complexity index is 435. The fraction of sp³-hybridized carbons (Fsp3) is 0.100. The number of aromatic carboxylic acids is 1. The first-order valence-electron chi connectivity index (χ1n) is 4.06. The molecule has 0 aliphatic carbocycles. The van der Waals surface area contributed by atoms with Crippen LogP contribution in [0.1, 0.15) is 16.1 Å². The van der Waals surface area contributed by atoms with E-state index in [4.69, 9.17) is 11.5 Å². The van der Waals surface area contributed by atoms with Crippen molar-refractivity contribution in [2.45, 2.75) is 6.54 Å². The zero-order valence-corrected chi connectivity index (χ0v) is 7.73. The van der Waals surface area contributed by atoms with Crippen LogP contribution in [-0.2, 0) is 11.3 Å². The minimum atomic E-state index is -1.04. The summed E-state index contributed by atoms with van der Waals surface area (Å²) in [6.07, 6.45) is 6.20. The van der Waals surface area contributed by atoms with Crippen molar-refractivity contribution in [1.29, 1.82) is 0 Å². The summed E-state index contributed by atoms with van der Waals surface area (Å²) in [6.45, 7) is 0.115. The summed E-state index contributed by atoms with van der Waals surface area (Å²) in [5, 5.41) is 11.1. The van der Waals surface area contributed by atoms with E-state index in [0.717, 1.165) is 0 Å². The Morgan fingerprint density at radius 3 is 2.93 bits per heavy atom. The molecule has 0 radical (unpaired) electrons. The third-order valence-electron chi connectivity index (χ3n) is 1.62. The van der Waals surface area contributed by atoms with Crippen molar-refractivity contribution in [3.05, 3.63) is 29.6 Å². The van der Waals surface area contributed by atoms with Gasteiger partial charge in [0.2, 0.25) is 0 Å². The van der Waals surface area contributed by atoms with Crippen LogP contribution < -0.4 is 5.32 Å². The Morgan fingerprint density at radius 2 is 2.33 bits per heavy atom. The molecule has 0 aliphatic heterocycles. The van der Waals surface area contributed by atoms with Crippen molar-refractivity contribution >= 4 is 11.9 Å². The maximum Gasteiger partial charge on any atom is 0.335 e. The van der Waals surface area contributed by atoms with Crippen LogP contribution in [0.5, 0.6) is 0 Å². The molecule has 0 saturated carbocycles. The zero-order valence-electron chi connectivity index (χ0n) is 7.73. The minimum Gasteiger partial charge on any atom is -0.478 e. The number of pyridine rings is 1. The molecule has 0 aliphatic rings. The zero-order chi connectivity index (χ0) is 11.3. The van der Waals surface area contributed by atoms with Crippen LogP contribution in [0.3, 0.4) is 0 Å². The summed E-state index contributed by atoms with van der Waals surface area (Å²) in [6, 6.07) is 2.74. The van der Waals surface area contributed by atoms with Crippen LogP contribution in [0.25, 0.3) is 0 Å². The van der Waals surface area contributed by atoms with Gasteiger partial charge in [-0.3, -0.25) is 9.78 Å². The van der Waals surface area contributed by atoms with Crippen LogP contribution in [0.4, 0.5) is 0 Å². The second-order valence-corrected chi connectivity index (χ2v) is 2.67. The SMILES string of the molecule is C#CC(=O)NCc1cc(C(=O)O)ccn1. The minimum absolute atomic E-state index is 0.115. The lowest BCUT2D eigenvalue weighted by atomic mass is 10.2. The number of nitrogens with zero attached hydrogens (tertiary/aromatic N) is 1. The highest BCUT2D eigenvalue weighted by Crippen LogP contribution is 2.01. The quantitative estimate of drug-likeness (QED) is 0.681. The lowest BCUT2D eigenvalue weighted by Gasteiger charge is -2.01. The Labute approximate surface area is 86.1 Å². The number of rotatable bonds is 3. The first-order valence-corrected chi connectivity index (χ1v) is 4.06. The van der Waals surface area contributed by atoms with Crippen LogP contribution in [-0.4, -0.2) is 22.0 Å². The summed E-state index contributed by atoms with van der Waals surface area (Å²) >= 11 is 0. The van der Waals surface area contributed by atoms with E-state index < -0.39 is 11.9 Å². The normalized spacial score (nSPS) is 9.00. The van der Waals surface area contributed by atoms with Gasteiger partial charge in [0.1, 0.15) is 0 Å². The van der Waals surface area contributed by atoms with E-state index in [9.17, 15) is 9.59 Å². The molecule has 0 spiro atoms. The van der Waals surface area contributed by atoms with Crippen molar-refractivity contribution in [1.82, 2.24) is 10.3 Å². The number of hydrogen-bond acceptors (Lipinski definition) is 3. The molecule has 2 N–H and O–H groups in total. The van der Waals surface area contributed by atoms with Gasteiger partial charge in [-0.1, -0.05) is 0 Å². The van der Waals surface area contributed by atoms with Crippen molar-refractivity contribution in [3.8, 4) is 12.3 Å². The fourth-order valence-electron chi connectivity index (χ4n) is 0.930. The maximum atomic E-state index is 10.7. The Morgan fingerprint density at radius 1 is 1.60 bits per heavy atom. The predicted molar refractivity (Wildman–Crippen MR) is 51.9 cm³/mol. The fourth-order valence-corrected chi connectivity index (χ4v) is 0.930. The third kappa shape index (κ3) is 3.12. The van der Waals surface area contributed by atoms with Gasteiger partial charge in [-0.2, -0.15) is 0 Å². The van der Waals surface area contributed by atoms with Crippen LogP contribution in [0, 0.1) is 12.3 Å². The van der Waals surface area contributed by atoms with Crippen molar-refractivity contribution in [2.75, 3.05) is 0 Å². The highest BCUT2D eigenvalue weighted by molar-refractivity contribution is 5.92. The van der Waals surface area contributed by atoms with Gasteiger partial charge in [0.05, 0.1) is 17.8 Å². The molecule has 1 aromatic rings. The molecule has 0 fully saturated rings. The molecule has 0 unspecified atom stereocenters. The first kappa shape index (κ1) is 10.7. The van der Waals surface area contributed by atoms with Gasteiger partial charge in [-0.05, 0) is 18.1 Å². The molecule has 76 valence electrons. The van der Waals surface area contributed by atoms with Crippen molar-refractivity contribution in [3.63, 3.8) is 0 Å². The van der Waals surface area contributed by atoms with E-state index >= 15 is 0 Å². The van der Waals surface area contributed by atoms with E-state index in [1.54, 1.807) is 0 Å². The van der Waals surface area contributed by atoms with Gasteiger partial charge in [-0.15, -0.1) is 6.42 Å². The van der Waals surface area contributed by atoms with E-state index in [-0.39, 0.29) is 12.1 Å². The molecule has 5 nitrogen and oxygen atoms in total. The lowest BCUT2D eigenvalue weighted by molar-refractivity contribution is -0.115. The first-order chi connectivity index (χ1) is 7.13. The van der Waals surface area contributed by atoms with E-state index in [1.807, 2.05) is 5.92 Å².